The number of nitrogens with two attached hydrogens (primary N) is 2. The quantitative estimate of drug-likeness (QED) is 0.525. The van der Waals surface area contributed by atoms with Crippen molar-refractivity contribution in [3.8, 4) is 0 Å². The van der Waals surface area contributed by atoms with Gasteiger partial charge in [0, 0.05) is 18.3 Å². The Morgan fingerprint density at radius 2 is 1.85 bits per heavy atom. The monoisotopic (exact) mass is 180 g/mol. The minimum Gasteiger partial charge on any atom is -0.398 e. The summed E-state index contributed by atoms with van der Waals surface area (Å²) in [5.41, 5.74) is 14.3. The molecular formula is C10H18N3+. The molecule has 13 heavy (non-hydrogen) atoms. The first kappa shape index (κ1) is 10.0. The van der Waals surface area contributed by atoms with Crippen LogP contribution in [-0.2, 0) is 6.54 Å². The van der Waals surface area contributed by atoms with E-state index in [-0.39, 0.29) is 0 Å². The molecule has 1 rings (SSSR count). The van der Waals surface area contributed by atoms with E-state index in [1.54, 1.807) is 0 Å². The molecule has 0 fully saturated rings. The molecule has 0 aromatic heterocycles. The Morgan fingerprint density at radius 3 is 2.23 bits per heavy atom. The van der Waals surface area contributed by atoms with E-state index < -0.39 is 0 Å². The lowest BCUT2D eigenvalue weighted by Gasteiger charge is -2.24. The van der Waals surface area contributed by atoms with E-state index in [0.29, 0.717) is 6.54 Å². The summed E-state index contributed by atoms with van der Waals surface area (Å²) in [5, 5.41) is 0. The van der Waals surface area contributed by atoms with Crippen LogP contribution in [0.1, 0.15) is 5.56 Å². The lowest BCUT2D eigenvalue weighted by Crippen LogP contribution is -2.34. The van der Waals surface area contributed by atoms with Crippen molar-refractivity contribution in [1.82, 2.24) is 4.48 Å². The second-order valence-corrected chi connectivity index (χ2v) is 4.10. The molecule has 0 aliphatic heterocycles. The number of hydrogen-bond acceptors (Lipinski definition) is 2. The molecule has 72 valence electrons. The standard InChI is InChI=1S/C10H18N3/c1-13(2,3)9-5-4-8(7-11)10(12)6-9/h4-6H,7,11-12H2,1-3H3/q+1. The smallest absolute Gasteiger partial charge is 0.134 e. The second-order valence-electron chi connectivity index (χ2n) is 4.10. The molecule has 1 aromatic carbocycles. The first-order valence-corrected chi connectivity index (χ1v) is 4.35. The Kier molecular flexibility index (Phi) is 2.59. The van der Waals surface area contributed by atoms with Gasteiger partial charge in [-0.3, -0.25) is 4.48 Å². The number of nitrogens with zero attached hydrogens (tertiary/aromatic N) is 1. The first-order valence-electron chi connectivity index (χ1n) is 4.35. The van der Waals surface area contributed by atoms with Crippen molar-refractivity contribution >= 4 is 11.4 Å². The maximum atomic E-state index is 5.84. The van der Waals surface area contributed by atoms with Crippen molar-refractivity contribution in [1.29, 1.82) is 0 Å². The molecule has 0 unspecified atom stereocenters. The Balaban J connectivity index is 3.10. The highest BCUT2D eigenvalue weighted by atomic mass is 15.3. The van der Waals surface area contributed by atoms with Crippen LogP contribution in [0, 0.1) is 0 Å². The molecule has 0 aliphatic carbocycles. The summed E-state index contributed by atoms with van der Waals surface area (Å²) in [6.45, 7) is 0.503. The average molecular weight is 180 g/mol. The molecular weight excluding hydrogens is 162 g/mol. The zero-order chi connectivity index (χ0) is 10.1. The largest absolute Gasteiger partial charge is 0.398 e. The first-order chi connectivity index (χ1) is 5.95. The third-order valence-electron chi connectivity index (χ3n) is 2.12. The van der Waals surface area contributed by atoms with Crippen molar-refractivity contribution in [2.24, 2.45) is 5.73 Å². The van der Waals surface area contributed by atoms with Crippen LogP contribution in [-0.4, -0.2) is 21.1 Å². The Hall–Kier alpha value is -1.06. The molecule has 0 atom stereocenters. The minimum atomic E-state index is 0.503. The summed E-state index contributed by atoms with van der Waals surface area (Å²) in [5.74, 6) is 0. The van der Waals surface area contributed by atoms with Crippen molar-refractivity contribution in [2.75, 3.05) is 26.9 Å². The van der Waals surface area contributed by atoms with Crippen LogP contribution in [0.2, 0.25) is 0 Å². The van der Waals surface area contributed by atoms with Gasteiger partial charge in [0.15, 0.2) is 0 Å². The molecule has 4 N–H and O–H groups in total. The van der Waals surface area contributed by atoms with Gasteiger partial charge in [-0.25, -0.2) is 0 Å². The van der Waals surface area contributed by atoms with Gasteiger partial charge < -0.3 is 11.5 Å². The zero-order valence-electron chi connectivity index (χ0n) is 8.54. The van der Waals surface area contributed by atoms with Crippen LogP contribution in [0.5, 0.6) is 0 Å². The number of anilines is 1. The minimum absolute atomic E-state index is 0.503. The fourth-order valence-electron chi connectivity index (χ4n) is 1.19. The molecule has 0 aliphatic rings. The molecule has 0 spiro atoms. The fraction of sp³-hybridized carbons (Fsp3) is 0.400. The molecule has 0 heterocycles. The highest BCUT2D eigenvalue weighted by Crippen LogP contribution is 2.22. The molecule has 3 nitrogen and oxygen atoms in total. The van der Waals surface area contributed by atoms with Gasteiger partial charge in [0.2, 0.25) is 0 Å². The van der Waals surface area contributed by atoms with E-state index in [0.717, 1.165) is 15.7 Å². The fourth-order valence-corrected chi connectivity index (χ4v) is 1.19. The molecule has 0 radical (unpaired) electrons. The Morgan fingerprint density at radius 1 is 1.23 bits per heavy atom. The maximum Gasteiger partial charge on any atom is 0.134 e. The zero-order valence-corrected chi connectivity index (χ0v) is 8.54. The third kappa shape index (κ3) is 2.20. The number of quaternary nitrogens is 1. The topological polar surface area (TPSA) is 52.0 Å². The predicted octanol–water partition coefficient (Wildman–Crippen LogP) is 0.924. The summed E-state index contributed by atoms with van der Waals surface area (Å²) in [7, 11) is 6.32. The summed E-state index contributed by atoms with van der Waals surface area (Å²) < 4.78 is 0.773. The summed E-state index contributed by atoms with van der Waals surface area (Å²) >= 11 is 0. The van der Waals surface area contributed by atoms with Crippen LogP contribution in [0.3, 0.4) is 0 Å². The van der Waals surface area contributed by atoms with E-state index in [9.17, 15) is 0 Å². The van der Waals surface area contributed by atoms with Crippen LogP contribution in [0.15, 0.2) is 18.2 Å². The van der Waals surface area contributed by atoms with E-state index >= 15 is 0 Å². The molecule has 1 aromatic rings. The summed E-state index contributed by atoms with van der Waals surface area (Å²) in [4.78, 5) is 0. The number of hydrogen-bond donors (Lipinski definition) is 2. The average Bonchev–Trinajstić information content (AvgIpc) is 2.02. The number of rotatable bonds is 2. The van der Waals surface area contributed by atoms with Crippen molar-refractivity contribution in [2.45, 2.75) is 6.54 Å². The molecule has 0 amide bonds. The summed E-state index contributed by atoms with van der Waals surface area (Å²) in [6.07, 6.45) is 0. The van der Waals surface area contributed by atoms with Gasteiger partial charge in [0.25, 0.3) is 0 Å². The number of benzene rings is 1. The van der Waals surface area contributed by atoms with Gasteiger partial charge in [-0.05, 0) is 17.7 Å². The van der Waals surface area contributed by atoms with Crippen LogP contribution >= 0.6 is 0 Å². The van der Waals surface area contributed by atoms with Crippen LogP contribution < -0.4 is 16.0 Å². The van der Waals surface area contributed by atoms with Crippen molar-refractivity contribution in [3.05, 3.63) is 23.8 Å². The van der Waals surface area contributed by atoms with Crippen LogP contribution in [0.4, 0.5) is 11.4 Å². The van der Waals surface area contributed by atoms with E-state index in [4.69, 9.17) is 11.5 Å². The SMILES string of the molecule is C[N+](C)(C)c1ccc(CN)c(N)c1. The summed E-state index contributed by atoms with van der Waals surface area (Å²) in [6, 6.07) is 6.05. The lowest BCUT2D eigenvalue weighted by atomic mass is 10.1. The van der Waals surface area contributed by atoms with Gasteiger partial charge >= 0.3 is 0 Å². The molecule has 3 heteroatoms. The van der Waals surface area contributed by atoms with Gasteiger partial charge in [0.1, 0.15) is 5.69 Å². The third-order valence-corrected chi connectivity index (χ3v) is 2.12. The Labute approximate surface area is 79.5 Å². The van der Waals surface area contributed by atoms with Gasteiger partial charge in [0.05, 0.1) is 21.1 Å². The second kappa shape index (κ2) is 3.36. The molecule has 0 bridgehead atoms. The maximum absolute atomic E-state index is 5.84. The van der Waals surface area contributed by atoms with Crippen molar-refractivity contribution < 1.29 is 0 Å². The highest BCUT2D eigenvalue weighted by molar-refractivity contribution is 5.57. The Bertz CT molecular complexity index is 300. The molecule has 0 saturated heterocycles. The van der Waals surface area contributed by atoms with Gasteiger partial charge in [-0.1, -0.05) is 0 Å². The van der Waals surface area contributed by atoms with E-state index in [2.05, 4.69) is 27.2 Å². The highest BCUT2D eigenvalue weighted by Gasteiger charge is 2.12. The van der Waals surface area contributed by atoms with Gasteiger partial charge in [-0.15, -0.1) is 0 Å². The lowest BCUT2D eigenvalue weighted by molar-refractivity contribution is 0.486. The normalized spacial score (nSPS) is 11.7. The van der Waals surface area contributed by atoms with Gasteiger partial charge in [-0.2, -0.15) is 0 Å². The van der Waals surface area contributed by atoms with E-state index in [1.165, 1.54) is 5.69 Å². The van der Waals surface area contributed by atoms with Crippen LogP contribution in [0.25, 0.3) is 0 Å². The van der Waals surface area contributed by atoms with Crippen molar-refractivity contribution in [3.63, 3.8) is 0 Å². The molecule has 0 saturated carbocycles. The number of nitrogen functional groups attached to an aromatic ring is 1. The van der Waals surface area contributed by atoms with E-state index in [1.807, 2.05) is 12.1 Å². The predicted molar refractivity (Wildman–Crippen MR) is 58.3 cm³/mol.